The van der Waals surface area contributed by atoms with Gasteiger partial charge in [0.25, 0.3) is 0 Å². The van der Waals surface area contributed by atoms with E-state index in [-0.39, 0.29) is 11.2 Å². The van der Waals surface area contributed by atoms with E-state index < -0.39 is 0 Å². The maximum atomic E-state index is 11.5. The van der Waals surface area contributed by atoms with Crippen LogP contribution in [0.15, 0.2) is 29.4 Å². The molecule has 0 spiro atoms. The van der Waals surface area contributed by atoms with Crippen LogP contribution in [0, 0.1) is 6.92 Å². The van der Waals surface area contributed by atoms with Gasteiger partial charge in [-0.1, -0.05) is 29.5 Å². The molecule has 1 saturated heterocycles. The van der Waals surface area contributed by atoms with E-state index in [0.717, 1.165) is 5.69 Å². The van der Waals surface area contributed by atoms with Gasteiger partial charge in [0.1, 0.15) is 5.25 Å². The van der Waals surface area contributed by atoms with Gasteiger partial charge in [-0.2, -0.15) is 4.68 Å². The van der Waals surface area contributed by atoms with Crippen LogP contribution >= 0.6 is 11.8 Å². The molecule has 2 aromatic rings. The van der Waals surface area contributed by atoms with Gasteiger partial charge in [-0.3, -0.25) is 4.79 Å². The fourth-order valence-corrected chi connectivity index (χ4v) is 2.77. The maximum Gasteiger partial charge on any atom is 0.319 e. The molecule has 3 rings (SSSR count). The Balaban J connectivity index is 1.86. The second-order valence-electron chi connectivity index (χ2n) is 4.27. The molecule has 1 aromatic carbocycles. The number of thioether (sulfide) groups is 1. The second kappa shape index (κ2) is 5.00. The van der Waals surface area contributed by atoms with E-state index in [0.29, 0.717) is 18.2 Å². The van der Waals surface area contributed by atoms with Crippen LogP contribution in [0.4, 0.5) is 0 Å². The summed E-state index contributed by atoms with van der Waals surface area (Å²) in [6, 6.07) is 7.88. The van der Waals surface area contributed by atoms with Crippen molar-refractivity contribution in [3.8, 4) is 5.69 Å². The molecular formula is C12H12N4O2S. The molecule has 1 unspecified atom stereocenters. The van der Waals surface area contributed by atoms with Crippen molar-refractivity contribution in [3.63, 3.8) is 0 Å². The zero-order valence-corrected chi connectivity index (χ0v) is 11.1. The molecule has 0 saturated carbocycles. The van der Waals surface area contributed by atoms with Crippen LogP contribution in [0.5, 0.6) is 0 Å². The molecule has 1 fully saturated rings. The van der Waals surface area contributed by atoms with Crippen LogP contribution in [-0.4, -0.2) is 38.0 Å². The largest absolute Gasteiger partial charge is 0.465 e. The van der Waals surface area contributed by atoms with Gasteiger partial charge in [0.05, 0.1) is 12.3 Å². The Bertz CT molecular complexity index is 596. The Morgan fingerprint density at radius 1 is 1.37 bits per heavy atom. The molecular weight excluding hydrogens is 264 g/mol. The summed E-state index contributed by atoms with van der Waals surface area (Å²) in [6.45, 7) is 2.50. The number of ether oxygens (including phenoxy) is 1. The number of hydrogen-bond donors (Lipinski definition) is 0. The van der Waals surface area contributed by atoms with Gasteiger partial charge < -0.3 is 4.74 Å². The van der Waals surface area contributed by atoms with Gasteiger partial charge in [0.2, 0.25) is 5.16 Å². The van der Waals surface area contributed by atoms with E-state index in [4.69, 9.17) is 4.74 Å². The summed E-state index contributed by atoms with van der Waals surface area (Å²) in [5, 5.41) is 12.0. The van der Waals surface area contributed by atoms with Crippen molar-refractivity contribution in [2.45, 2.75) is 23.8 Å². The van der Waals surface area contributed by atoms with E-state index in [2.05, 4.69) is 15.5 Å². The van der Waals surface area contributed by atoms with E-state index in [1.165, 1.54) is 17.3 Å². The number of aryl methyl sites for hydroxylation is 1. The highest BCUT2D eigenvalue weighted by Gasteiger charge is 2.29. The minimum absolute atomic E-state index is 0.191. The Morgan fingerprint density at radius 2 is 2.16 bits per heavy atom. The molecule has 1 aliphatic heterocycles. The molecule has 7 heteroatoms. The van der Waals surface area contributed by atoms with Crippen LogP contribution in [0.1, 0.15) is 12.0 Å². The van der Waals surface area contributed by atoms with Crippen molar-refractivity contribution in [1.29, 1.82) is 0 Å². The fourth-order valence-electron chi connectivity index (χ4n) is 1.81. The van der Waals surface area contributed by atoms with Gasteiger partial charge in [-0.05, 0) is 29.5 Å². The average molecular weight is 276 g/mol. The highest BCUT2D eigenvalue weighted by Crippen LogP contribution is 2.28. The van der Waals surface area contributed by atoms with Crippen molar-refractivity contribution < 1.29 is 9.53 Å². The maximum absolute atomic E-state index is 11.5. The lowest BCUT2D eigenvalue weighted by atomic mass is 10.2. The topological polar surface area (TPSA) is 69.9 Å². The summed E-state index contributed by atoms with van der Waals surface area (Å²) in [4.78, 5) is 11.5. The number of tetrazole rings is 1. The summed E-state index contributed by atoms with van der Waals surface area (Å²) in [6.07, 6.45) is 0.699. The molecule has 0 radical (unpaired) electrons. The summed E-state index contributed by atoms with van der Waals surface area (Å²) in [5.74, 6) is -0.191. The molecule has 19 heavy (non-hydrogen) atoms. The third-order valence-corrected chi connectivity index (χ3v) is 4.03. The van der Waals surface area contributed by atoms with Crippen LogP contribution in [0.2, 0.25) is 0 Å². The Kier molecular flexibility index (Phi) is 3.20. The van der Waals surface area contributed by atoms with Crippen molar-refractivity contribution in [3.05, 3.63) is 29.8 Å². The number of cyclic esters (lactones) is 1. The lowest BCUT2D eigenvalue weighted by molar-refractivity contribution is -0.137. The third kappa shape index (κ3) is 2.46. The van der Waals surface area contributed by atoms with E-state index in [1.54, 1.807) is 4.68 Å². The predicted molar refractivity (Wildman–Crippen MR) is 69.1 cm³/mol. The summed E-state index contributed by atoms with van der Waals surface area (Å²) in [5.41, 5.74) is 2.05. The number of benzene rings is 1. The predicted octanol–water partition coefficient (Wildman–Crippen LogP) is 1.38. The number of aromatic nitrogens is 4. The summed E-state index contributed by atoms with van der Waals surface area (Å²) < 4.78 is 6.57. The van der Waals surface area contributed by atoms with E-state index >= 15 is 0 Å². The number of rotatable bonds is 3. The lowest BCUT2D eigenvalue weighted by Crippen LogP contribution is -2.11. The number of carbonyl (C=O) groups is 1. The van der Waals surface area contributed by atoms with Gasteiger partial charge in [0, 0.05) is 6.42 Å². The van der Waals surface area contributed by atoms with Gasteiger partial charge >= 0.3 is 5.97 Å². The molecule has 2 heterocycles. The number of hydrogen-bond acceptors (Lipinski definition) is 6. The molecule has 1 aromatic heterocycles. The van der Waals surface area contributed by atoms with Crippen molar-refractivity contribution in [2.24, 2.45) is 0 Å². The van der Waals surface area contributed by atoms with E-state index in [1.807, 2.05) is 31.2 Å². The quantitative estimate of drug-likeness (QED) is 0.789. The fraction of sp³-hybridized carbons (Fsp3) is 0.333. The minimum atomic E-state index is -0.213. The number of carbonyl (C=O) groups excluding carboxylic acids is 1. The van der Waals surface area contributed by atoms with Crippen LogP contribution in [0.25, 0.3) is 5.69 Å². The first-order chi connectivity index (χ1) is 9.24. The molecule has 0 amide bonds. The van der Waals surface area contributed by atoms with Crippen molar-refractivity contribution in [1.82, 2.24) is 20.2 Å². The Morgan fingerprint density at radius 3 is 2.84 bits per heavy atom. The van der Waals surface area contributed by atoms with Gasteiger partial charge in [-0.25, -0.2) is 0 Å². The van der Waals surface area contributed by atoms with Gasteiger partial charge in [0.15, 0.2) is 0 Å². The molecule has 98 valence electrons. The Labute approximate surface area is 114 Å². The SMILES string of the molecule is Cc1ccc(-n2nnnc2SC2CCOC2=O)cc1. The first-order valence-corrected chi connectivity index (χ1v) is 6.81. The van der Waals surface area contributed by atoms with Crippen molar-refractivity contribution in [2.75, 3.05) is 6.61 Å². The summed E-state index contributed by atoms with van der Waals surface area (Å²) >= 11 is 1.34. The molecule has 1 aliphatic rings. The minimum Gasteiger partial charge on any atom is -0.465 e. The smallest absolute Gasteiger partial charge is 0.319 e. The molecule has 0 N–H and O–H groups in total. The normalized spacial score (nSPS) is 18.6. The lowest BCUT2D eigenvalue weighted by Gasteiger charge is -2.06. The second-order valence-corrected chi connectivity index (χ2v) is 5.44. The zero-order valence-electron chi connectivity index (χ0n) is 10.3. The zero-order chi connectivity index (χ0) is 13.2. The highest BCUT2D eigenvalue weighted by atomic mass is 32.2. The summed E-state index contributed by atoms with van der Waals surface area (Å²) in [7, 11) is 0. The Hall–Kier alpha value is -1.89. The number of nitrogens with zero attached hydrogens (tertiary/aromatic N) is 4. The van der Waals surface area contributed by atoms with Gasteiger partial charge in [-0.15, -0.1) is 5.10 Å². The van der Waals surface area contributed by atoms with Crippen molar-refractivity contribution >= 4 is 17.7 Å². The highest BCUT2D eigenvalue weighted by molar-refractivity contribution is 8.00. The van der Waals surface area contributed by atoms with E-state index in [9.17, 15) is 4.79 Å². The third-order valence-electron chi connectivity index (χ3n) is 2.85. The monoisotopic (exact) mass is 276 g/mol. The first kappa shape index (κ1) is 12.2. The molecule has 1 atom stereocenters. The van der Waals surface area contributed by atoms with Crippen LogP contribution in [-0.2, 0) is 9.53 Å². The average Bonchev–Trinajstić information content (AvgIpc) is 3.01. The molecule has 0 bridgehead atoms. The number of esters is 1. The standard InChI is InChI=1S/C12H12N4O2S/c1-8-2-4-9(5-3-8)16-12(13-14-15-16)19-10-6-7-18-11(10)17/h2-5,10H,6-7H2,1H3. The van der Waals surface area contributed by atoms with Crippen LogP contribution < -0.4 is 0 Å². The molecule has 0 aliphatic carbocycles. The molecule has 6 nitrogen and oxygen atoms in total. The van der Waals surface area contributed by atoms with Crippen LogP contribution in [0.3, 0.4) is 0 Å². The first-order valence-electron chi connectivity index (χ1n) is 5.93.